The molecule has 0 bridgehead atoms. The molecule has 2 aromatic heterocycles. The third-order valence-corrected chi connectivity index (χ3v) is 7.12. The zero-order chi connectivity index (χ0) is 27.6. The number of fused-ring (bicyclic) bond motifs is 1. The Balaban J connectivity index is 1.29. The Morgan fingerprint density at radius 3 is 2.26 bits per heavy atom. The molecule has 1 saturated heterocycles. The smallest absolute Gasteiger partial charge is 0.335 e. The number of para-hydroxylation sites is 1. The minimum Gasteiger partial charge on any atom is -0.335 e. The van der Waals surface area contributed by atoms with Gasteiger partial charge in [0.1, 0.15) is 5.82 Å². The number of nitrogens with zero attached hydrogens (tertiary/aromatic N) is 4. The highest BCUT2D eigenvalue weighted by molar-refractivity contribution is 8.00. The van der Waals surface area contributed by atoms with Gasteiger partial charge in [0.15, 0.2) is 0 Å². The third kappa shape index (κ3) is 5.80. The van der Waals surface area contributed by atoms with Gasteiger partial charge in [0, 0.05) is 49.5 Å². The van der Waals surface area contributed by atoms with E-state index in [9.17, 15) is 27.2 Å². The molecule has 0 saturated carbocycles. The van der Waals surface area contributed by atoms with Crippen molar-refractivity contribution >= 4 is 40.4 Å². The van der Waals surface area contributed by atoms with E-state index in [1.165, 1.54) is 28.1 Å². The predicted molar refractivity (Wildman–Crippen MR) is 139 cm³/mol. The summed E-state index contributed by atoms with van der Waals surface area (Å²) in [5.74, 6) is -1.64. The first kappa shape index (κ1) is 26.4. The molecular weight excluding hydrogens is 534 g/mol. The molecule has 5 rings (SSSR count). The number of nitrogens with one attached hydrogen (secondary N) is 1. The van der Waals surface area contributed by atoms with E-state index in [0.29, 0.717) is 10.4 Å². The monoisotopic (exact) mass is 555 g/mol. The first-order valence-electron chi connectivity index (χ1n) is 11.9. The first-order valence-corrected chi connectivity index (χ1v) is 12.7. The summed E-state index contributed by atoms with van der Waals surface area (Å²) in [6.45, 7) is 0.558. The molecule has 1 fully saturated rings. The summed E-state index contributed by atoms with van der Waals surface area (Å²) in [7, 11) is 0. The van der Waals surface area contributed by atoms with Crippen molar-refractivity contribution < 1.29 is 27.2 Å². The van der Waals surface area contributed by atoms with Gasteiger partial charge in [-0.2, -0.15) is 13.2 Å². The highest BCUT2D eigenvalue weighted by Crippen LogP contribution is 2.38. The highest BCUT2D eigenvalue weighted by Gasteiger charge is 2.35. The number of alkyl halides is 3. The largest absolute Gasteiger partial charge is 0.418 e. The minimum absolute atomic E-state index is 0.0878. The van der Waals surface area contributed by atoms with Crippen molar-refractivity contribution in [1.82, 2.24) is 19.8 Å². The van der Waals surface area contributed by atoms with E-state index in [2.05, 4.69) is 14.7 Å². The maximum absolute atomic E-state index is 14.0. The topological polar surface area (TPSA) is 78.4 Å². The molecule has 4 aromatic rings. The number of carbonyl (C=O) groups is 2. The Kier molecular flexibility index (Phi) is 7.38. The number of hydrogen-bond acceptors (Lipinski definition) is 6. The third-order valence-electron chi connectivity index (χ3n) is 6.24. The van der Waals surface area contributed by atoms with Crippen molar-refractivity contribution in [1.29, 1.82) is 0 Å². The van der Waals surface area contributed by atoms with Crippen molar-refractivity contribution in [3.63, 3.8) is 0 Å². The van der Waals surface area contributed by atoms with E-state index in [1.54, 1.807) is 24.4 Å². The summed E-state index contributed by atoms with van der Waals surface area (Å²) in [6.07, 6.45) is -0.849. The van der Waals surface area contributed by atoms with Gasteiger partial charge in [-0.1, -0.05) is 18.2 Å². The van der Waals surface area contributed by atoms with E-state index in [0.717, 1.165) is 35.7 Å². The van der Waals surface area contributed by atoms with Crippen LogP contribution >= 0.6 is 11.9 Å². The molecule has 0 atom stereocenters. The van der Waals surface area contributed by atoms with Gasteiger partial charge in [-0.25, -0.2) is 4.39 Å². The van der Waals surface area contributed by atoms with E-state index >= 15 is 0 Å². The summed E-state index contributed by atoms with van der Waals surface area (Å²) in [5.41, 5.74) is -0.523. The van der Waals surface area contributed by atoms with E-state index in [4.69, 9.17) is 0 Å². The average molecular weight is 556 g/mol. The number of hydrogen-bond donors (Lipinski definition) is 1. The molecule has 0 radical (unpaired) electrons. The minimum atomic E-state index is -4.71. The van der Waals surface area contributed by atoms with Crippen LogP contribution in [0.2, 0.25) is 0 Å². The number of benzene rings is 2. The standard InChI is InChI=1S/C27H21F4N5O2S/c28-20-13-19(15-32-16-20)26(38)36-11-9-35(10-12-36)25(37)18-6-7-22(21(14-18)27(29,30)31)34-39-23-5-1-3-17-4-2-8-33-24(17)23/h1-8,13-16,34H,9-12H2. The molecule has 39 heavy (non-hydrogen) atoms. The molecule has 1 N–H and O–H groups in total. The van der Waals surface area contributed by atoms with Crippen LogP contribution in [0.5, 0.6) is 0 Å². The Labute approximate surface area is 225 Å². The number of amides is 2. The van der Waals surface area contributed by atoms with Gasteiger partial charge in [0.25, 0.3) is 11.8 Å². The summed E-state index contributed by atoms with van der Waals surface area (Å²) in [6, 6.07) is 13.6. The van der Waals surface area contributed by atoms with Crippen molar-refractivity contribution in [2.24, 2.45) is 0 Å². The summed E-state index contributed by atoms with van der Waals surface area (Å²) in [4.78, 5) is 37.2. The molecule has 3 heterocycles. The fourth-order valence-electron chi connectivity index (χ4n) is 4.28. The number of aromatic nitrogens is 2. The van der Waals surface area contributed by atoms with Gasteiger partial charge >= 0.3 is 6.18 Å². The lowest BCUT2D eigenvalue weighted by atomic mass is 10.1. The summed E-state index contributed by atoms with van der Waals surface area (Å²) < 4.78 is 58.1. The van der Waals surface area contributed by atoms with Gasteiger partial charge in [-0.15, -0.1) is 0 Å². The van der Waals surface area contributed by atoms with E-state index in [1.807, 2.05) is 12.1 Å². The second-order valence-electron chi connectivity index (χ2n) is 8.77. The first-order chi connectivity index (χ1) is 18.7. The molecule has 200 valence electrons. The van der Waals surface area contributed by atoms with E-state index in [-0.39, 0.29) is 43.0 Å². The molecular formula is C27H21F4N5O2S. The van der Waals surface area contributed by atoms with Gasteiger partial charge in [0.05, 0.1) is 33.4 Å². The zero-order valence-electron chi connectivity index (χ0n) is 20.3. The molecule has 12 heteroatoms. The number of carbonyl (C=O) groups excluding carboxylic acids is 2. The quantitative estimate of drug-likeness (QED) is 0.259. The number of piperazine rings is 1. The maximum Gasteiger partial charge on any atom is 0.418 e. The van der Waals surface area contributed by atoms with Crippen molar-refractivity contribution in [3.05, 3.63) is 95.7 Å². The molecule has 0 spiro atoms. The lowest BCUT2D eigenvalue weighted by molar-refractivity contribution is -0.136. The second kappa shape index (κ2) is 10.9. The van der Waals surface area contributed by atoms with Crippen molar-refractivity contribution in [2.75, 3.05) is 30.9 Å². The van der Waals surface area contributed by atoms with Crippen LogP contribution in [0.4, 0.5) is 23.2 Å². The second-order valence-corrected chi connectivity index (χ2v) is 9.62. The zero-order valence-corrected chi connectivity index (χ0v) is 21.1. The number of pyridine rings is 2. The summed E-state index contributed by atoms with van der Waals surface area (Å²) >= 11 is 1.00. The number of anilines is 1. The van der Waals surface area contributed by atoms with Crippen molar-refractivity contribution in [2.45, 2.75) is 11.1 Å². The maximum atomic E-state index is 14.0. The summed E-state index contributed by atoms with van der Waals surface area (Å²) in [5, 5.41) is 0.857. The molecule has 1 aliphatic heterocycles. The fourth-order valence-corrected chi connectivity index (χ4v) is 5.09. The van der Waals surface area contributed by atoms with Gasteiger partial charge in [0.2, 0.25) is 0 Å². The molecule has 2 aromatic carbocycles. The van der Waals surface area contributed by atoms with Crippen LogP contribution < -0.4 is 4.72 Å². The Hall–Kier alpha value is -4.19. The van der Waals surface area contributed by atoms with Gasteiger partial charge in [-0.3, -0.25) is 19.6 Å². The van der Waals surface area contributed by atoms with Crippen LogP contribution in [0.15, 0.2) is 78.1 Å². The predicted octanol–water partition coefficient (Wildman–Crippen LogP) is 5.51. The number of halogens is 4. The molecule has 0 unspecified atom stereocenters. The molecule has 0 aliphatic carbocycles. The SMILES string of the molecule is O=C(c1cncc(F)c1)N1CCN(C(=O)c2ccc(NSc3cccc4cccnc34)c(C(F)(F)F)c2)CC1. The lowest BCUT2D eigenvalue weighted by Gasteiger charge is -2.35. The molecule has 1 aliphatic rings. The highest BCUT2D eigenvalue weighted by atomic mass is 32.2. The average Bonchev–Trinajstić information content (AvgIpc) is 2.95. The lowest BCUT2D eigenvalue weighted by Crippen LogP contribution is -2.50. The van der Waals surface area contributed by atoms with Crippen LogP contribution in [-0.2, 0) is 6.18 Å². The van der Waals surface area contributed by atoms with Crippen LogP contribution in [0, 0.1) is 5.82 Å². The fraction of sp³-hybridized carbons (Fsp3) is 0.185. The van der Waals surface area contributed by atoms with Crippen LogP contribution in [0.1, 0.15) is 26.3 Å². The Morgan fingerprint density at radius 2 is 1.56 bits per heavy atom. The van der Waals surface area contributed by atoms with Crippen molar-refractivity contribution in [3.8, 4) is 0 Å². The van der Waals surface area contributed by atoms with Crippen LogP contribution in [-0.4, -0.2) is 57.8 Å². The van der Waals surface area contributed by atoms with Gasteiger partial charge in [-0.05, 0) is 48.3 Å². The number of rotatable bonds is 5. The Morgan fingerprint density at radius 1 is 0.872 bits per heavy atom. The molecule has 2 amide bonds. The Bertz CT molecular complexity index is 1540. The van der Waals surface area contributed by atoms with E-state index < -0.39 is 29.4 Å². The van der Waals surface area contributed by atoms with Crippen LogP contribution in [0.3, 0.4) is 0 Å². The normalized spacial score (nSPS) is 13.9. The van der Waals surface area contributed by atoms with Crippen LogP contribution in [0.25, 0.3) is 10.9 Å². The van der Waals surface area contributed by atoms with Gasteiger partial charge < -0.3 is 14.5 Å². The molecule has 7 nitrogen and oxygen atoms in total.